The molecule has 1 saturated heterocycles. The SMILES string of the molecule is CCc1cccc2c(CCNC(=O)C3CCCCN3)c[nH]c12. The number of H-pyrrole nitrogens is 1. The lowest BCUT2D eigenvalue weighted by Gasteiger charge is -2.22. The highest BCUT2D eigenvalue weighted by atomic mass is 16.2. The number of aryl methyl sites for hydroxylation is 1. The minimum absolute atomic E-state index is 0.00316. The average molecular weight is 299 g/mol. The molecule has 22 heavy (non-hydrogen) atoms. The van der Waals surface area contributed by atoms with Crippen molar-refractivity contribution in [2.24, 2.45) is 0 Å². The molecule has 1 aliphatic heterocycles. The van der Waals surface area contributed by atoms with Crippen LogP contribution in [-0.2, 0) is 17.6 Å². The van der Waals surface area contributed by atoms with Gasteiger partial charge in [-0.2, -0.15) is 0 Å². The molecule has 1 unspecified atom stereocenters. The highest BCUT2D eigenvalue weighted by Gasteiger charge is 2.19. The Bertz CT molecular complexity index is 641. The van der Waals surface area contributed by atoms with Crippen molar-refractivity contribution in [3.63, 3.8) is 0 Å². The van der Waals surface area contributed by atoms with Crippen molar-refractivity contribution < 1.29 is 4.79 Å². The number of rotatable bonds is 5. The number of aromatic amines is 1. The summed E-state index contributed by atoms with van der Waals surface area (Å²) in [5.41, 5.74) is 3.86. The number of carbonyl (C=O) groups excluding carboxylic acids is 1. The summed E-state index contributed by atoms with van der Waals surface area (Å²) in [7, 11) is 0. The molecule has 4 nitrogen and oxygen atoms in total. The van der Waals surface area contributed by atoms with Gasteiger partial charge in [-0.1, -0.05) is 31.5 Å². The van der Waals surface area contributed by atoms with Crippen LogP contribution < -0.4 is 10.6 Å². The largest absolute Gasteiger partial charge is 0.361 e. The van der Waals surface area contributed by atoms with Gasteiger partial charge in [0.15, 0.2) is 0 Å². The van der Waals surface area contributed by atoms with Gasteiger partial charge in [0, 0.05) is 23.6 Å². The molecule has 0 radical (unpaired) electrons. The first-order chi connectivity index (χ1) is 10.8. The third-order valence-corrected chi connectivity index (χ3v) is 4.59. The minimum atomic E-state index is 0.00316. The van der Waals surface area contributed by atoms with Crippen LogP contribution in [0.3, 0.4) is 0 Å². The van der Waals surface area contributed by atoms with Crippen molar-refractivity contribution in [2.45, 2.75) is 45.1 Å². The van der Waals surface area contributed by atoms with Gasteiger partial charge >= 0.3 is 0 Å². The summed E-state index contributed by atoms with van der Waals surface area (Å²) < 4.78 is 0. The Morgan fingerprint density at radius 2 is 2.23 bits per heavy atom. The lowest BCUT2D eigenvalue weighted by Crippen LogP contribution is -2.47. The van der Waals surface area contributed by atoms with Gasteiger partial charge < -0.3 is 15.6 Å². The van der Waals surface area contributed by atoms with E-state index in [0.29, 0.717) is 6.54 Å². The Balaban J connectivity index is 1.59. The normalized spacial score (nSPS) is 18.5. The van der Waals surface area contributed by atoms with E-state index in [9.17, 15) is 4.79 Å². The van der Waals surface area contributed by atoms with Gasteiger partial charge in [0.05, 0.1) is 6.04 Å². The zero-order valence-corrected chi connectivity index (χ0v) is 13.2. The molecule has 1 aromatic heterocycles. The maximum absolute atomic E-state index is 12.1. The number of benzene rings is 1. The van der Waals surface area contributed by atoms with E-state index in [4.69, 9.17) is 0 Å². The van der Waals surface area contributed by atoms with Gasteiger partial charge in [0.25, 0.3) is 0 Å². The minimum Gasteiger partial charge on any atom is -0.361 e. The molecule has 1 aliphatic rings. The van der Waals surface area contributed by atoms with Gasteiger partial charge in [0.1, 0.15) is 0 Å². The molecule has 0 bridgehead atoms. The summed E-state index contributed by atoms with van der Waals surface area (Å²) in [6, 6.07) is 6.44. The second-order valence-electron chi connectivity index (χ2n) is 6.05. The Labute approximate surface area is 131 Å². The highest BCUT2D eigenvalue weighted by Crippen LogP contribution is 2.22. The van der Waals surface area contributed by atoms with Crippen molar-refractivity contribution in [3.05, 3.63) is 35.5 Å². The highest BCUT2D eigenvalue weighted by molar-refractivity contribution is 5.86. The Kier molecular flexibility index (Phi) is 4.78. The van der Waals surface area contributed by atoms with Crippen LogP contribution in [-0.4, -0.2) is 30.0 Å². The monoisotopic (exact) mass is 299 g/mol. The first-order valence-corrected chi connectivity index (χ1v) is 8.38. The number of para-hydroxylation sites is 1. The molecule has 0 aliphatic carbocycles. The Hall–Kier alpha value is -1.81. The first kappa shape index (κ1) is 15.1. The third-order valence-electron chi connectivity index (χ3n) is 4.59. The number of fused-ring (bicyclic) bond motifs is 1. The van der Waals surface area contributed by atoms with Crippen LogP contribution in [0, 0.1) is 0 Å². The predicted molar refractivity (Wildman–Crippen MR) is 90.0 cm³/mol. The fourth-order valence-electron chi connectivity index (χ4n) is 3.30. The number of nitrogens with one attached hydrogen (secondary N) is 3. The lowest BCUT2D eigenvalue weighted by atomic mass is 10.0. The number of hydrogen-bond acceptors (Lipinski definition) is 2. The standard InChI is InChI=1S/C18H25N3O/c1-2-13-6-5-7-15-14(12-21-17(13)15)9-11-20-18(22)16-8-3-4-10-19-16/h5-7,12,16,19,21H,2-4,8-11H2,1H3,(H,20,22). The first-order valence-electron chi connectivity index (χ1n) is 8.38. The van der Waals surface area contributed by atoms with Crippen LogP contribution >= 0.6 is 0 Å². The van der Waals surface area contributed by atoms with E-state index in [-0.39, 0.29) is 11.9 Å². The zero-order chi connectivity index (χ0) is 15.4. The number of carbonyl (C=O) groups is 1. The van der Waals surface area contributed by atoms with E-state index in [1.807, 2.05) is 0 Å². The van der Waals surface area contributed by atoms with E-state index in [1.165, 1.54) is 28.5 Å². The molecule has 0 spiro atoms. The summed E-state index contributed by atoms with van der Waals surface area (Å²) in [4.78, 5) is 15.5. The van der Waals surface area contributed by atoms with Gasteiger partial charge in [-0.3, -0.25) is 4.79 Å². The molecule has 1 aromatic carbocycles. The molecule has 2 aromatic rings. The van der Waals surface area contributed by atoms with Gasteiger partial charge in [-0.15, -0.1) is 0 Å². The van der Waals surface area contributed by atoms with Crippen molar-refractivity contribution in [3.8, 4) is 0 Å². The summed E-state index contributed by atoms with van der Waals surface area (Å²) in [6.07, 6.45) is 7.26. The summed E-state index contributed by atoms with van der Waals surface area (Å²) >= 11 is 0. The van der Waals surface area contributed by atoms with E-state index in [2.05, 4.69) is 46.9 Å². The maximum Gasteiger partial charge on any atom is 0.237 e. The van der Waals surface area contributed by atoms with Gasteiger partial charge in [0.2, 0.25) is 5.91 Å². The second-order valence-corrected chi connectivity index (χ2v) is 6.05. The van der Waals surface area contributed by atoms with Crippen molar-refractivity contribution in [1.82, 2.24) is 15.6 Å². The molecule has 118 valence electrons. The molecule has 4 heteroatoms. The van der Waals surface area contributed by atoms with Gasteiger partial charge in [-0.05, 0) is 43.4 Å². The van der Waals surface area contributed by atoms with Crippen LogP contribution in [0.4, 0.5) is 0 Å². The van der Waals surface area contributed by atoms with Crippen molar-refractivity contribution in [1.29, 1.82) is 0 Å². The molecule has 2 heterocycles. The van der Waals surface area contributed by atoms with E-state index in [1.54, 1.807) is 0 Å². The van der Waals surface area contributed by atoms with E-state index < -0.39 is 0 Å². The Morgan fingerprint density at radius 3 is 3.00 bits per heavy atom. The fourth-order valence-corrected chi connectivity index (χ4v) is 3.30. The van der Waals surface area contributed by atoms with Gasteiger partial charge in [-0.25, -0.2) is 0 Å². The second kappa shape index (κ2) is 6.97. The molecular formula is C18H25N3O. The molecule has 0 saturated carbocycles. The average Bonchev–Trinajstić information content (AvgIpc) is 2.99. The summed E-state index contributed by atoms with van der Waals surface area (Å²) in [5.74, 6) is 0.147. The molecule has 1 amide bonds. The molecule has 3 N–H and O–H groups in total. The molecule has 1 fully saturated rings. The summed E-state index contributed by atoms with van der Waals surface area (Å²) in [6.45, 7) is 3.83. The van der Waals surface area contributed by atoms with Crippen molar-refractivity contribution >= 4 is 16.8 Å². The van der Waals surface area contributed by atoms with Crippen LogP contribution in [0.1, 0.15) is 37.3 Å². The van der Waals surface area contributed by atoms with Crippen molar-refractivity contribution in [2.75, 3.05) is 13.1 Å². The van der Waals surface area contributed by atoms with Crippen LogP contribution in [0.5, 0.6) is 0 Å². The smallest absolute Gasteiger partial charge is 0.237 e. The Morgan fingerprint density at radius 1 is 1.32 bits per heavy atom. The number of piperidine rings is 1. The fraction of sp³-hybridized carbons (Fsp3) is 0.500. The molecular weight excluding hydrogens is 274 g/mol. The topological polar surface area (TPSA) is 56.9 Å². The quantitative estimate of drug-likeness (QED) is 0.794. The van der Waals surface area contributed by atoms with Crippen LogP contribution in [0.15, 0.2) is 24.4 Å². The van der Waals surface area contributed by atoms with E-state index in [0.717, 1.165) is 32.2 Å². The summed E-state index contributed by atoms with van der Waals surface area (Å²) in [5, 5.41) is 7.64. The zero-order valence-electron chi connectivity index (χ0n) is 13.2. The molecule has 3 rings (SSSR count). The number of hydrogen-bond donors (Lipinski definition) is 3. The molecule has 1 atom stereocenters. The van der Waals surface area contributed by atoms with Crippen LogP contribution in [0.2, 0.25) is 0 Å². The number of amides is 1. The number of aromatic nitrogens is 1. The maximum atomic E-state index is 12.1. The lowest BCUT2D eigenvalue weighted by molar-refractivity contribution is -0.123. The van der Waals surface area contributed by atoms with E-state index >= 15 is 0 Å². The van der Waals surface area contributed by atoms with Crippen LogP contribution in [0.25, 0.3) is 10.9 Å². The predicted octanol–water partition coefficient (Wildman–Crippen LogP) is 2.53. The third kappa shape index (κ3) is 3.17.